The summed E-state index contributed by atoms with van der Waals surface area (Å²) in [6, 6.07) is 5.58. The maximum absolute atomic E-state index is 10.8. The normalized spacial score (nSPS) is 10.6. The number of benzene rings is 1. The molecular formula is C12H16N4O2. The maximum atomic E-state index is 10.8. The molecule has 1 amide bonds. The summed E-state index contributed by atoms with van der Waals surface area (Å²) in [4.78, 5) is 15.1. The minimum atomic E-state index is -0.0597. The zero-order valence-electron chi connectivity index (χ0n) is 10.4. The molecule has 18 heavy (non-hydrogen) atoms. The number of imidazole rings is 1. The van der Waals surface area contributed by atoms with E-state index in [2.05, 4.69) is 10.3 Å². The highest BCUT2D eigenvalue weighted by Crippen LogP contribution is 2.22. The number of aromatic nitrogens is 2. The molecule has 6 nitrogen and oxygen atoms in total. The Morgan fingerprint density at radius 1 is 1.56 bits per heavy atom. The second kappa shape index (κ2) is 4.95. The van der Waals surface area contributed by atoms with Crippen LogP contribution in [0.1, 0.15) is 6.92 Å². The van der Waals surface area contributed by atoms with Gasteiger partial charge in [0.1, 0.15) is 5.75 Å². The molecule has 0 fully saturated rings. The van der Waals surface area contributed by atoms with Gasteiger partial charge in [0.15, 0.2) is 0 Å². The highest BCUT2D eigenvalue weighted by atomic mass is 16.5. The predicted octanol–water partition coefficient (Wildman–Crippen LogP) is 0.763. The number of nitrogens with zero attached hydrogens (tertiary/aromatic N) is 2. The lowest BCUT2D eigenvalue weighted by molar-refractivity contribution is -0.118. The van der Waals surface area contributed by atoms with Crippen LogP contribution in [0.15, 0.2) is 18.2 Å². The van der Waals surface area contributed by atoms with E-state index in [-0.39, 0.29) is 5.91 Å². The summed E-state index contributed by atoms with van der Waals surface area (Å²) < 4.78 is 7.03. The Morgan fingerprint density at radius 3 is 3.00 bits per heavy atom. The Morgan fingerprint density at radius 2 is 2.33 bits per heavy atom. The number of hydrogen-bond donors (Lipinski definition) is 2. The molecule has 0 aliphatic rings. The summed E-state index contributed by atoms with van der Waals surface area (Å²) in [5.74, 6) is 1.13. The predicted molar refractivity (Wildman–Crippen MR) is 69.4 cm³/mol. The lowest BCUT2D eigenvalue weighted by Gasteiger charge is -2.07. The van der Waals surface area contributed by atoms with Crippen LogP contribution in [-0.2, 0) is 11.3 Å². The van der Waals surface area contributed by atoms with Gasteiger partial charge in [-0.3, -0.25) is 4.79 Å². The van der Waals surface area contributed by atoms with E-state index in [4.69, 9.17) is 10.5 Å². The molecule has 0 aliphatic heterocycles. The van der Waals surface area contributed by atoms with E-state index in [0.29, 0.717) is 19.0 Å². The van der Waals surface area contributed by atoms with Crippen LogP contribution in [0.25, 0.3) is 11.0 Å². The third kappa shape index (κ3) is 2.37. The lowest BCUT2D eigenvalue weighted by atomic mass is 10.3. The monoisotopic (exact) mass is 248 g/mol. The second-order valence-corrected chi connectivity index (χ2v) is 3.96. The van der Waals surface area contributed by atoms with Crippen molar-refractivity contribution in [2.75, 3.05) is 19.4 Å². The summed E-state index contributed by atoms with van der Waals surface area (Å²) >= 11 is 0. The van der Waals surface area contributed by atoms with Crippen LogP contribution in [0, 0.1) is 0 Å². The number of anilines is 1. The van der Waals surface area contributed by atoms with Crippen LogP contribution in [-0.4, -0.2) is 29.1 Å². The summed E-state index contributed by atoms with van der Waals surface area (Å²) in [6.07, 6.45) is 0. The summed E-state index contributed by atoms with van der Waals surface area (Å²) in [7, 11) is 1.61. The maximum Gasteiger partial charge on any atom is 0.216 e. The van der Waals surface area contributed by atoms with Crippen molar-refractivity contribution in [2.24, 2.45) is 0 Å². The van der Waals surface area contributed by atoms with Crippen LogP contribution >= 0.6 is 0 Å². The van der Waals surface area contributed by atoms with Gasteiger partial charge in [-0.1, -0.05) is 0 Å². The average Bonchev–Trinajstić information content (AvgIpc) is 2.64. The van der Waals surface area contributed by atoms with Crippen molar-refractivity contribution in [1.82, 2.24) is 14.9 Å². The Kier molecular flexibility index (Phi) is 3.36. The molecule has 0 saturated heterocycles. The number of nitrogens with one attached hydrogen (secondary N) is 1. The fourth-order valence-electron chi connectivity index (χ4n) is 1.83. The van der Waals surface area contributed by atoms with Crippen molar-refractivity contribution in [3.8, 4) is 5.75 Å². The number of nitrogen functional groups attached to an aromatic ring is 1. The minimum absolute atomic E-state index is 0.0597. The summed E-state index contributed by atoms with van der Waals surface area (Å²) in [5, 5.41) is 2.73. The van der Waals surface area contributed by atoms with Crippen LogP contribution in [0.2, 0.25) is 0 Å². The molecule has 0 radical (unpaired) electrons. The Balaban J connectivity index is 2.29. The lowest BCUT2D eigenvalue weighted by Crippen LogP contribution is -2.24. The molecule has 3 N–H and O–H groups in total. The van der Waals surface area contributed by atoms with Crippen molar-refractivity contribution in [1.29, 1.82) is 0 Å². The number of ether oxygens (including phenoxy) is 1. The smallest absolute Gasteiger partial charge is 0.216 e. The van der Waals surface area contributed by atoms with E-state index >= 15 is 0 Å². The number of carbonyl (C=O) groups excluding carboxylic acids is 1. The van der Waals surface area contributed by atoms with Crippen LogP contribution in [0.3, 0.4) is 0 Å². The van der Waals surface area contributed by atoms with E-state index in [0.717, 1.165) is 16.8 Å². The molecule has 6 heteroatoms. The summed E-state index contributed by atoms with van der Waals surface area (Å²) in [5.41, 5.74) is 7.58. The molecule has 1 aromatic carbocycles. The van der Waals surface area contributed by atoms with Gasteiger partial charge < -0.3 is 20.4 Å². The molecule has 2 aromatic rings. The molecule has 1 heterocycles. The van der Waals surface area contributed by atoms with Crippen LogP contribution in [0.5, 0.6) is 5.75 Å². The Bertz CT molecular complexity index is 577. The molecule has 0 bridgehead atoms. The van der Waals surface area contributed by atoms with Crippen molar-refractivity contribution < 1.29 is 9.53 Å². The number of hydrogen-bond acceptors (Lipinski definition) is 4. The SMILES string of the molecule is COc1ccc2nc(N)n(CCNC(C)=O)c2c1. The third-order valence-corrected chi connectivity index (χ3v) is 2.69. The van der Waals surface area contributed by atoms with Gasteiger partial charge in [-0.15, -0.1) is 0 Å². The van der Waals surface area contributed by atoms with E-state index in [1.165, 1.54) is 6.92 Å². The van der Waals surface area contributed by atoms with Crippen molar-refractivity contribution in [2.45, 2.75) is 13.5 Å². The van der Waals surface area contributed by atoms with E-state index in [1.807, 2.05) is 22.8 Å². The Labute approximate surface area is 105 Å². The van der Waals surface area contributed by atoms with Crippen LogP contribution in [0.4, 0.5) is 5.95 Å². The second-order valence-electron chi connectivity index (χ2n) is 3.96. The van der Waals surface area contributed by atoms with Gasteiger partial charge in [-0.05, 0) is 12.1 Å². The first-order chi connectivity index (χ1) is 8.61. The number of carbonyl (C=O) groups is 1. The van der Waals surface area contributed by atoms with Gasteiger partial charge >= 0.3 is 0 Å². The summed E-state index contributed by atoms with van der Waals surface area (Å²) in [6.45, 7) is 2.58. The quantitative estimate of drug-likeness (QED) is 0.837. The van der Waals surface area contributed by atoms with E-state index in [1.54, 1.807) is 7.11 Å². The van der Waals surface area contributed by atoms with E-state index < -0.39 is 0 Å². The number of rotatable bonds is 4. The fraction of sp³-hybridized carbons (Fsp3) is 0.333. The molecule has 0 aliphatic carbocycles. The molecule has 0 spiro atoms. The van der Waals surface area contributed by atoms with Gasteiger partial charge in [0, 0.05) is 26.1 Å². The first-order valence-corrected chi connectivity index (χ1v) is 5.66. The van der Waals surface area contributed by atoms with Gasteiger partial charge in [0.25, 0.3) is 0 Å². The standard InChI is InChI=1S/C12H16N4O2/c1-8(17)14-5-6-16-11-7-9(18-2)3-4-10(11)15-12(16)13/h3-4,7H,5-6H2,1-2H3,(H2,13,15)(H,14,17). The first kappa shape index (κ1) is 12.2. The van der Waals surface area contributed by atoms with Gasteiger partial charge in [-0.2, -0.15) is 0 Å². The minimum Gasteiger partial charge on any atom is -0.497 e. The molecule has 2 rings (SSSR count). The third-order valence-electron chi connectivity index (χ3n) is 2.69. The van der Waals surface area contributed by atoms with Crippen molar-refractivity contribution in [3.05, 3.63) is 18.2 Å². The van der Waals surface area contributed by atoms with Crippen LogP contribution < -0.4 is 15.8 Å². The number of nitrogens with two attached hydrogens (primary N) is 1. The number of methoxy groups -OCH3 is 1. The molecule has 0 unspecified atom stereocenters. The van der Waals surface area contributed by atoms with Gasteiger partial charge in [-0.25, -0.2) is 4.98 Å². The average molecular weight is 248 g/mol. The molecule has 0 saturated carbocycles. The highest BCUT2D eigenvalue weighted by molar-refractivity contribution is 5.80. The first-order valence-electron chi connectivity index (χ1n) is 5.66. The van der Waals surface area contributed by atoms with Crippen molar-refractivity contribution >= 4 is 22.9 Å². The van der Waals surface area contributed by atoms with Crippen molar-refractivity contribution in [3.63, 3.8) is 0 Å². The highest BCUT2D eigenvalue weighted by Gasteiger charge is 2.08. The molecule has 0 atom stereocenters. The topological polar surface area (TPSA) is 82.2 Å². The van der Waals surface area contributed by atoms with Gasteiger partial charge in [0.2, 0.25) is 11.9 Å². The van der Waals surface area contributed by atoms with E-state index in [9.17, 15) is 4.79 Å². The zero-order valence-corrected chi connectivity index (χ0v) is 10.4. The zero-order chi connectivity index (χ0) is 13.1. The number of fused-ring (bicyclic) bond motifs is 1. The molecular weight excluding hydrogens is 232 g/mol. The number of amides is 1. The fourth-order valence-corrected chi connectivity index (χ4v) is 1.83. The molecule has 96 valence electrons. The largest absolute Gasteiger partial charge is 0.497 e. The Hall–Kier alpha value is -2.24. The molecule has 1 aromatic heterocycles. The van der Waals surface area contributed by atoms with Gasteiger partial charge in [0.05, 0.1) is 18.1 Å².